The van der Waals surface area contributed by atoms with Crippen LogP contribution in [0.3, 0.4) is 0 Å². The normalized spacial score (nSPS) is 12.7. The maximum atomic E-state index is 11.2. The largest absolute Gasteiger partial charge is 0.504 e. The second-order valence-electron chi connectivity index (χ2n) is 4.47. The number of carboxylic acids is 1. The monoisotopic (exact) mass is 338 g/mol. The third-order valence-corrected chi connectivity index (χ3v) is 3.92. The Kier molecular flexibility index (Phi) is 2.93. The van der Waals surface area contributed by atoms with Crippen molar-refractivity contribution in [2.75, 3.05) is 7.11 Å². The van der Waals surface area contributed by atoms with Gasteiger partial charge < -0.3 is 14.9 Å². The van der Waals surface area contributed by atoms with Crippen molar-refractivity contribution in [3.05, 3.63) is 33.8 Å². The van der Waals surface area contributed by atoms with E-state index < -0.39 is 5.97 Å². The molecule has 0 bridgehead atoms. The van der Waals surface area contributed by atoms with Gasteiger partial charge in [-0.1, -0.05) is 0 Å². The van der Waals surface area contributed by atoms with Crippen molar-refractivity contribution >= 4 is 21.9 Å². The molecule has 0 unspecified atom stereocenters. The van der Waals surface area contributed by atoms with Crippen LogP contribution in [0.4, 0.5) is 0 Å². The van der Waals surface area contributed by atoms with Crippen molar-refractivity contribution in [2.24, 2.45) is 0 Å². The van der Waals surface area contributed by atoms with E-state index in [-0.39, 0.29) is 11.4 Å². The van der Waals surface area contributed by atoms with Gasteiger partial charge in [-0.25, -0.2) is 9.78 Å². The molecule has 0 saturated heterocycles. The fourth-order valence-corrected chi connectivity index (χ4v) is 3.08. The molecule has 20 heavy (non-hydrogen) atoms. The number of aromatic carboxylic acids is 1. The molecule has 7 heteroatoms. The summed E-state index contributed by atoms with van der Waals surface area (Å²) in [6, 6.07) is 3.33. The molecule has 2 N–H and O–H groups in total. The molecule has 1 aliphatic heterocycles. The fourth-order valence-electron chi connectivity index (χ4n) is 2.49. The van der Waals surface area contributed by atoms with E-state index in [0.29, 0.717) is 29.0 Å². The number of ether oxygens (including phenoxy) is 1. The Balaban J connectivity index is 2.26. The highest BCUT2D eigenvalue weighted by atomic mass is 79.9. The summed E-state index contributed by atoms with van der Waals surface area (Å²) in [4.78, 5) is 15.2. The van der Waals surface area contributed by atoms with E-state index in [1.54, 1.807) is 16.7 Å². The van der Waals surface area contributed by atoms with Gasteiger partial charge in [0.05, 0.1) is 18.5 Å². The first-order valence-corrected chi connectivity index (χ1v) is 6.73. The zero-order chi connectivity index (χ0) is 14.4. The van der Waals surface area contributed by atoms with E-state index in [1.807, 2.05) is 0 Å². The molecule has 0 aliphatic carbocycles. The minimum absolute atomic E-state index is 0.0107. The molecule has 0 fully saturated rings. The van der Waals surface area contributed by atoms with E-state index >= 15 is 0 Å². The summed E-state index contributed by atoms with van der Waals surface area (Å²) in [6.45, 7) is 0. The highest BCUT2D eigenvalue weighted by Crippen LogP contribution is 2.37. The Morgan fingerprint density at radius 3 is 2.85 bits per heavy atom. The first-order chi connectivity index (χ1) is 9.52. The number of hydrogen-bond donors (Lipinski definition) is 2. The summed E-state index contributed by atoms with van der Waals surface area (Å²) in [6.07, 6.45) is 1.24. The molecule has 2 aromatic rings. The number of benzene rings is 1. The molecule has 0 radical (unpaired) electrons. The molecule has 104 valence electrons. The van der Waals surface area contributed by atoms with Gasteiger partial charge in [0, 0.05) is 6.07 Å². The lowest BCUT2D eigenvalue weighted by molar-refractivity contribution is 0.0689. The highest BCUT2D eigenvalue weighted by molar-refractivity contribution is 9.10. The van der Waals surface area contributed by atoms with Gasteiger partial charge in [-0.3, -0.25) is 4.57 Å². The minimum Gasteiger partial charge on any atom is -0.504 e. The van der Waals surface area contributed by atoms with Crippen LogP contribution in [-0.4, -0.2) is 32.8 Å². The van der Waals surface area contributed by atoms with Gasteiger partial charge in [0.2, 0.25) is 0 Å². The molecule has 0 amide bonds. The summed E-state index contributed by atoms with van der Waals surface area (Å²) >= 11 is 3.28. The maximum absolute atomic E-state index is 11.2. The van der Waals surface area contributed by atoms with Crippen LogP contribution in [0.15, 0.2) is 16.9 Å². The van der Waals surface area contributed by atoms with Gasteiger partial charge in [-0.2, -0.15) is 0 Å². The lowest BCUT2D eigenvalue weighted by atomic mass is 10.00. The van der Waals surface area contributed by atoms with E-state index in [1.165, 1.54) is 7.11 Å². The van der Waals surface area contributed by atoms with Crippen molar-refractivity contribution in [2.45, 2.75) is 12.8 Å². The number of nitrogens with zero attached hydrogens (tertiary/aromatic N) is 2. The number of methoxy groups -OCH3 is 1. The molecular weight excluding hydrogens is 328 g/mol. The number of phenols is 1. The second-order valence-corrected chi connectivity index (χ2v) is 5.18. The predicted molar refractivity (Wildman–Crippen MR) is 73.8 cm³/mol. The Morgan fingerprint density at radius 1 is 1.45 bits per heavy atom. The van der Waals surface area contributed by atoms with Crippen molar-refractivity contribution in [3.8, 4) is 17.2 Å². The van der Waals surface area contributed by atoms with Crippen molar-refractivity contribution < 1.29 is 19.7 Å². The standard InChI is InChI=1S/C13H11BrN2O4/c1-20-10-4-6-2-3-7-11(12(18)19)15-13(14)16(7)8(6)5-9(10)17/h4-5,17H,2-3H2,1H3,(H,18,19). The van der Waals surface area contributed by atoms with Gasteiger partial charge in [-0.15, -0.1) is 0 Å². The Hall–Kier alpha value is -2.02. The number of rotatable bonds is 2. The van der Waals surface area contributed by atoms with Crippen molar-refractivity contribution in [1.29, 1.82) is 0 Å². The predicted octanol–water partition coefficient (Wildman–Crippen LogP) is 2.15. The zero-order valence-corrected chi connectivity index (χ0v) is 12.1. The summed E-state index contributed by atoms with van der Waals surface area (Å²) in [5.74, 6) is -0.640. The topological polar surface area (TPSA) is 84.6 Å². The number of phenolic OH excluding ortho intramolecular Hbond substituents is 1. The zero-order valence-electron chi connectivity index (χ0n) is 10.6. The average molecular weight is 339 g/mol. The van der Waals surface area contributed by atoms with Crippen molar-refractivity contribution in [3.63, 3.8) is 0 Å². The summed E-state index contributed by atoms with van der Waals surface area (Å²) in [5.41, 5.74) is 2.36. The van der Waals surface area contributed by atoms with Crippen molar-refractivity contribution in [1.82, 2.24) is 9.55 Å². The van der Waals surface area contributed by atoms with Crippen LogP contribution in [0.5, 0.6) is 11.5 Å². The number of hydrogen-bond acceptors (Lipinski definition) is 4. The number of carboxylic acid groups (broad SMARTS) is 1. The molecular formula is C13H11BrN2O4. The molecule has 1 aliphatic rings. The second kappa shape index (κ2) is 4.52. The quantitative estimate of drug-likeness (QED) is 0.876. The molecule has 3 rings (SSSR count). The van der Waals surface area contributed by atoms with Crippen LogP contribution < -0.4 is 4.74 Å². The number of carbonyl (C=O) groups is 1. The van der Waals surface area contributed by atoms with Crippen LogP contribution in [0.25, 0.3) is 5.69 Å². The number of fused-ring (bicyclic) bond motifs is 3. The van der Waals surface area contributed by atoms with E-state index in [0.717, 1.165) is 11.3 Å². The number of halogens is 1. The van der Waals surface area contributed by atoms with Gasteiger partial charge in [0.1, 0.15) is 0 Å². The minimum atomic E-state index is -1.05. The van der Waals surface area contributed by atoms with Crippen LogP contribution in [0, 0.1) is 0 Å². The summed E-state index contributed by atoms with van der Waals surface area (Å²) in [5, 5.41) is 19.1. The smallest absolute Gasteiger partial charge is 0.356 e. The highest BCUT2D eigenvalue weighted by Gasteiger charge is 2.27. The third-order valence-electron chi connectivity index (χ3n) is 3.39. The summed E-state index contributed by atoms with van der Waals surface area (Å²) in [7, 11) is 1.49. The van der Waals surface area contributed by atoms with Crippen LogP contribution in [-0.2, 0) is 12.8 Å². The lowest BCUT2D eigenvalue weighted by Crippen LogP contribution is -2.14. The Morgan fingerprint density at radius 2 is 2.20 bits per heavy atom. The molecule has 2 heterocycles. The van der Waals surface area contributed by atoms with E-state index in [2.05, 4.69) is 20.9 Å². The lowest BCUT2D eigenvalue weighted by Gasteiger charge is -2.21. The Bertz CT molecular complexity index is 724. The molecule has 0 atom stereocenters. The van der Waals surface area contributed by atoms with Crippen LogP contribution >= 0.6 is 15.9 Å². The Labute approximate surface area is 122 Å². The van der Waals surface area contributed by atoms with Crippen LogP contribution in [0.1, 0.15) is 21.7 Å². The van der Waals surface area contributed by atoms with Gasteiger partial charge in [0.15, 0.2) is 21.9 Å². The number of aryl methyl sites for hydroxylation is 1. The molecule has 1 aromatic carbocycles. The average Bonchev–Trinajstić information content (AvgIpc) is 2.76. The van der Waals surface area contributed by atoms with Gasteiger partial charge >= 0.3 is 5.97 Å². The SMILES string of the molecule is COc1cc2c(cc1O)-n1c(Br)nc(C(=O)O)c1CC2. The summed E-state index contributed by atoms with van der Waals surface area (Å²) < 4.78 is 7.21. The first-order valence-electron chi connectivity index (χ1n) is 5.93. The van der Waals surface area contributed by atoms with Gasteiger partial charge in [0.25, 0.3) is 0 Å². The number of aromatic nitrogens is 2. The fraction of sp³-hybridized carbons (Fsp3) is 0.231. The molecule has 0 saturated carbocycles. The molecule has 0 spiro atoms. The van der Waals surface area contributed by atoms with E-state index in [4.69, 9.17) is 4.74 Å². The van der Waals surface area contributed by atoms with Crippen LogP contribution in [0.2, 0.25) is 0 Å². The van der Waals surface area contributed by atoms with Gasteiger partial charge in [-0.05, 0) is 40.4 Å². The number of imidazole rings is 1. The van der Waals surface area contributed by atoms with E-state index in [9.17, 15) is 15.0 Å². The molecule has 1 aromatic heterocycles. The first kappa shape index (κ1) is 13.0. The number of aromatic hydroxyl groups is 1. The molecule has 6 nitrogen and oxygen atoms in total. The maximum Gasteiger partial charge on any atom is 0.356 e. The third kappa shape index (κ3) is 1.77.